The molecule has 1 saturated carbocycles. The molecule has 0 radical (unpaired) electrons. The van der Waals surface area contributed by atoms with Gasteiger partial charge in [0, 0.05) is 21.0 Å². The van der Waals surface area contributed by atoms with Crippen molar-refractivity contribution in [2.75, 3.05) is 0 Å². The van der Waals surface area contributed by atoms with Crippen LogP contribution in [0.2, 0.25) is 0 Å². The fourth-order valence-corrected chi connectivity index (χ4v) is 4.00. The van der Waals surface area contributed by atoms with E-state index in [2.05, 4.69) is 62.3 Å². The molecule has 0 aliphatic heterocycles. The summed E-state index contributed by atoms with van der Waals surface area (Å²) in [5.41, 5.74) is 1.26. The minimum Gasteiger partial charge on any atom is -0.393 e. The molecule has 2 N–H and O–H groups in total. The van der Waals surface area contributed by atoms with Gasteiger partial charge >= 0.3 is 0 Å². The van der Waals surface area contributed by atoms with Crippen molar-refractivity contribution in [1.29, 1.82) is 0 Å². The first kappa shape index (κ1) is 14.5. The van der Waals surface area contributed by atoms with E-state index in [1.165, 1.54) is 5.56 Å². The molecular weight excluding hydrogens is 358 g/mol. The molecule has 0 heterocycles. The van der Waals surface area contributed by atoms with Crippen molar-refractivity contribution in [3.63, 3.8) is 0 Å². The minimum absolute atomic E-state index is 0.128. The lowest BCUT2D eigenvalue weighted by Gasteiger charge is -2.30. The summed E-state index contributed by atoms with van der Waals surface area (Å²) >= 11 is 7.07. The van der Waals surface area contributed by atoms with Gasteiger partial charge < -0.3 is 10.4 Å². The monoisotopic (exact) mass is 375 g/mol. The number of halogens is 2. The second kappa shape index (κ2) is 6.51. The first-order valence-electron chi connectivity index (χ1n) is 6.45. The van der Waals surface area contributed by atoms with E-state index in [1.807, 2.05) is 0 Å². The molecule has 2 nitrogen and oxygen atoms in total. The molecule has 100 valence electrons. The van der Waals surface area contributed by atoms with E-state index in [-0.39, 0.29) is 6.10 Å². The van der Waals surface area contributed by atoms with Crippen LogP contribution in [0.15, 0.2) is 27.1 Å². The van der Waals surface area contributed by atoms with Gasteiger partial charge in [-0.15, -0.1) is 0 Å². The van der Waals surface area contributed by atoms with Gasteiger partial charge in [0.15, 0.2) is 0 Å². The summed E-state index contributed by atoms with van der Waals surface area (Å²) in [7, 11) is 0. The molecule has 1 aromatic rings. The molecule has 1 aliphatic carbocycles. The third kappa shape index (κ3) is 3.80. The SMILES string of the molecule is CC(NC1CCCC(O)C1)c1ccc(Br)cc1Br. The Hall–Kier alpha value is 0.1000. The third-order valence-electron chi connectivity index (χ3n) is 3.56. The Kier molecular flexibility index (Phi) is 5.24. The van der Waals surface area contributed by atoms with Gasteiger partial charge in [0.1, 0.15) is 0 Å². The molecule has 2 rings (SSSR count). The predicted octanol–water partition coefficient (Wildman–Crippen LogP) is 4.17. The van der Waals surface area contributed by atoms with E-state index < -0.39 is 0 Å². The predicted molar refractivity (Wildman–Crippen MR) is 81.7 cm³/mol. The lowest BCUT2D eigenvalue weighted by atomic mass is 9.92. The number of aliphatic hydroxyl groups is 1. The molecule has 0 amide bonds. The first-order chi connectivity index (χ1) is 8.56. The lowest BCUT2D eigenvalue weighted by Crippen LogP contribution is -2.37. The molecule has 4 heteroatoms. The maximum Gasteiger partial charge on any atom is 0.0555 e. The average Bonchev–Trinajstić information content (AvgIpc) is 2.28. The van der Waals surface area contributed by atoms with Crippen molar-refractivity contribution in [1.82, 2.24) is 5.32 Å². The van der Waals surface area contributed by atoms with Crippen LogP contribution in [0.3, 0.4) is 0 Å². The van der Waals surface area contributed by atoms with E-state index in [0.29, 0.717) is 12.1 Å². The second-order valence-electron chi connectivity index (χ2n) is 5.07. The molecule has 1 aliphatic rings. The molecule has 3 unspecified atom stereocenters. The van der Waals surface area contributed by atoms with E-state index >= 15 is 0 Å². The Morgan fingerprint density at radius 1 is 1.33 bits per heavy atom. The summed E-state index contributed by atoms with van der Waals surface area (Å²) in [6.07, 6.45) is 3.98. The van der Waals surface area contributed by atoms with Crippen LogP contribution < -0.4 is 5.32 Å². The fraction of sp³-hybridized carbons (Fsp3) is 0.571. The maximum atomic E-state index is 9.70. The molecule has 0 saturated heterocycles. The Balaban J connectivity index is 2.00. The zero-order valence-corrected chi connectivity index (χ0v) is 13.7. The van der Waals surface area contributed by atoms with Gasteiger partial charge in [-0.05, 0) is 50.3 Å². The van der Waals surface area contributed by atoms with Crippen molar-refractivity contribution in [2.24, 2.45) is 0 Å². The van der Waals surface area contributed by atoms with Crippen LogP contribution >= 0.6 is 31.9 Å². The quantitative estimate of drug-likeness (QED) is 0.829. The molecule has 0 spiro atoms. The smallest absolute Gasteiger partial charge is 0.0555 e. The zero-order chi connectivity index (χ0) is 13.1. The molecule has 0 bridgehead atoms. The summed E-state index contributed by atoms with van der Waals surface area (Å²) in [5, 5.41) is 13.3. The number of rotatable bonds is 3. The largest absolute Gasteiger partial charge is 0.393 e. The van der Waals surface area contributed by atoms with Gasteiger partial charge in [0.2, 0.25) is 0 Å². The van der Waals surface area contributed by atoms with Crippen molar-refractivity contribution < 1.29 is 5.11 Å². The zero-order valence-electron chi connectivity index (χ0n) is 10.5. The average molecular weight is 377 g/mol. The summed E-state index contributed by atoms with van der Waals surface area (Å²) in [5.74, 6) is 0. The van der Waals surface area contributed by atoms with Gasteiger partial charge in [0.05, 0.1) is 6.10 Å². The molecule has 3 atom stereocenters. The van der Waals surface area contributed by atoms with Crippen LogP contribution in [0.4, 0.5) is 0 Å². The van der Waals surface area contributed by atoms with E-state index in [0.717, 1.165) is 34.6 Å². The van der Waals surface area contributed by atoms with Crippen LogP contribution in [0.1, 0.15) is 44.2 Å². The van der Waals surface area contributed by atoms with E-state index in [9.17, 15) is 5.11 Å². The number of nitrogens with one attached hydrogen (secondary N) is 1. The van der Waals surface area contributed by atoms with E-state index in [1.54, 1.807) is 0 Å². The number of aliphatic hydroxyl groups excluding tert-OH is 1. The summed E-state index contributed by atoms with van der Waals surface area (Å²) in [6, 6.07) is 6.99. The van der Waals surface area contributed by atoms with Crippen LogP contribution in [-0.4, -0.2) is 17.3 Å². The highest BCUT2D eigenvalue weighted by Crippen LogP contribution is 2.28. The van der Waals surface area contributed by atoms with Crippen molar-refractivity contribution in [2.45, 2.75) is 50.8 Å². The molecule has 18 heavy (non-hydrogen) atoms. The van der Waals surface area contributed by atoms with Gasteiger partial charge in [-0.1, -0.05) is 37.9 Å². The molecule has 0 aromatic heterocycles. The van der Waals surface area contributed by atoms with Gasteiger partial charge in [-0.25, -0.2) is 0 Å². The second-order valence-corrected chi connectivity index (χ2v) is 6.84. The number of hydrogen-bond donors (Lipinski definition) is 2. The maximum absolute atomic E-state index is 9.70. The topological polar surface area (TPSA) is 32.3 Å². The molecular formula is C14H19Br2NO. The Morgan fingerprint density at radius 3 is 2.78 bits per heavy atom. The van der Waals surface area contributed by atoms with Gasteiger partial charge in [-0.3, -0.25) is 0 Å². The lowest BCUT2D eigenvalue weighted by molar-refractivity contribution is 0.109. The van der Waals surface area contributed by atoms with Gasteiger partial charge in [-0.2, -0.15) is 0 Å². The van der Waals surface area contributed by atoms with Crippen LogP contribution in [0.25, 0.3) is 0 Å². The van der Waals surface area contributed by atoms with Crippen molar-refractivity contribution >= 4 is 31.9 Å². The third-order valence-corrected chi connectivity index (χ3v) is 4.74. The van der Waals surface area contributed by atoms with Crippen molar-refractivity contribution in [3.05, 3.63) is 32.7 Å². The minimum atomic E-state index is -0.128. The molecule has 1 fully saturated rings. The Morgan fingerprint density at radius 2 is 2.11 bits per heavy atom. The first-order valence-corrected chi connectivity index (χ1v) is 8.04. The Bertz CT molecular complexity index is 411. The van der Waals surface area contributed by atoms with Crippen LogP contribution in [0.5, 0.6) is 0 Å². The number of hydrogen-bond acceptors (Lipinski definition) is 2. The summed E-state index contributed by atoms with van der Waals surface area (Å²) in [4.78, 5) is 0. The standard InChI is InChI=1S/C14H19Br2NO/c1-9(13-6-5-10(15)7-14(13)16)17-11-3-2-4-12(18)8-11/h5-7,9,11-12,17-18H,2-4,8H2,1H3. The number of benzene rings is 1. The van der Waals surface area contributed by atoms with E-state index in [4.69, 9.17) is 0 Å². The highest BCUT2D eigenvalue weighted by Gasteiger charge is 2.22. The Labute approximate surface area is 125 Å². The highest BCUT2D eigenvalue weighted by atomic mass is 79.9. The molecule has 1 aromatic carbocycles. The van der Waals surface area contributed by atoms with Crippen molar-refractivity contribution in [3.8, 4) is 0 Å². The van der Waals surface area contributed by atoms with Gasteiger partial charge in [0.25, 0.3) is 0 Å². The normalized spacial score (nSPS) is 26.0. The van der Waals surface area contributed by atoms with Crippen LogP contribution in [0, 0.1) is 0 Å². The summed E-state index contributed by atoms with van der Waals surface area (Å²) < 4.78 is 2.20. The highest BCUT2D eigenvalue weighted by molar-refractivity contribution is 9.11. The van der Waals surface area contributed by atoms with Crippen LogP contribution in [-0.2, 0) is 0 Å². The summed E-state index contributed by atoms with van der Waals surface area (Å²) in [6.45, 7) is 2.18. The fourth-order valence-electron chi connectivity index (χ4n) is 2.61.